The minimum absolute atomic E-state index is 0.0393. The first-order valence-corrected chi connectivity index (χ1v) is 9.41. The van der Waals surface area contributed by atoms with E-state index in [9.17, 15) is 31.9 Å². The largest absolute Gasteiger partial charge is 0.494 e. The topological polar surface area (TPSA) is 99.6 Å². The number of H-pyrrole nitrogens is 1. The van der Waals surface area contributed by atoms with Gasteiger partial charge in [0.2, 0.25) is 0 Å². The summed E-state index contributed by atoms with van der Waals surface area (Å²) in [6.07, 6.45) is -3.96. The molecule has 8 nitrogen and oxygen atoms in total. The summed E-state index contributed by atoms with van der Waals surface area (Å²) in [6.45, 7) is 3.18. The fourth-order valence-electron chi connectivity index (χ4n) is 2.45. The molecule has 0 aliphatic rings. The van der Waals surface area contributed by atoms with E-state index in [0.717, 1.165) is 12.1 Å². The van der Waals surface area contributed by atoms with Gasteiger partial charge in [0.1, 0.15) is 29.6 Å². The van der Waals surface area contributed by atoms with Crippen LogP contribution in [0.5, 0.6) is 5.75 Å². The summed E-state index contributed by atoms with van der Waals surface area (Å²) in [5.41, 5.74) is -5.23. The van der Waals surface area contributed by atoms with Crippen LogP contribution in [-0.4, -0.2) is 35.3 Å². The van der Waals surface area contributed by atoms with E-state index in [-0.39, 0.29) is 47.0 Å². The molecule has 1 aromatic carbocycles. The van der Waals surface area contributed by atoms with E-state index in [4.69, 9.17) is 25.8 Å². The highest BCUT2D eigenvalue weighted by atomic mass is 35.5. The van der Waals surface area contributed by atoms with E-state index in [1.807, 2.05) is 0 Å². The Kier molecular flexibility index (Phi) is 8.08. The van der Waals surface area contributed by atoms with Crippen LogP contribution in [-0.2, 0) is 20.4 Å². The second-order valence-electron chi connectivity index (χ2n) is 5.98. The van der Waals surface area contributed by atoms with E-state index in [1.165, 1.54) is 4.98 Å². The summed E-state index contributed by atoms with van der Waals surface area (Å²) in [7, 11) is 0. The molecule has 1 aromatic heterocycles. The molecule has 0 aliphatic heterocycles. The Morgan fingerprint density at radius 2 is 1.81 bits per heavy atom. The van der Waals surface area contributed by atoms with E-state index >= 15 is 0 Å². The third kappa shape index (κ3) is 6.13. The number of rotatable bonds is 8. The third-order valence-corrected chi connectivity index (χ3v) is 4.04. The number of nitrogens with one attached hydrogen (secondary N) is 1. The van der Waals surface area contributed by atoms with Crippen LogP contribution in [0.4, 0.5) is 17.6 Å². The van der Waals surface area contributed by atoms with Crippen molar-refractivity contribution >= 4 is 17.6 Å². The number of alkyl halides is 3. The van der Waals surface area contributed by atoms with Crippen molar-refractivity contribution in [2.24, 2.45) is 0 Å². The molecule has 0 spiro atoms. The van der Waals surface area contributed by atoms with Crippen molar-refractivity contribution < 1.29 is 36.6 Å². The highest BCUT2D eigenvalue weighted by Gasteiger charge is 2.33. The standard InChI is InChI=1S/C19H17ClF4N2O6/c1-3-30-10(5-17(28)31-4-2)9-32-14-7-13(12(21)6-11(14)20)26-16(27)8-15(19(22,23)24)25-18(26)29/h5-8H,3-4,9H2,1-2H3,(H,25,29). The first-order chi connectivity index (χ1) is 15.0. The van der Waals surface area contributed by atoms with Crippen molar-refractivity contribution in [2.45, 2.75) is 20.0 Å². The Morgan fingerprint density at radius 3 is 2.38 bits per heavy atom. The number of nitrogens with zero attached hydrogens (tertiary/aromatic N) is 1. The van der Waals surface area contributed by atoms with Gasteiger partial charge < -0.3 is 19.2 Å². The second kappa shape index (κ2) is 10.4. The highest BCUT2D eigenvalue weighted by Crippen LogP contribution is 2.30. The average molecular weight is 481 g/mol. The van der Waals surface area contributed by atoms with Gasteiger partial charge in [-0.3, -0.25) is 4.79 Å². The van der Waals surface area contributed by atoms with Crippen molar-refractivity contribution in [3.05, 3.63) is 67.4 Å². The van der Waals surface area contributed by atoms with Crippen LogP contribution in [0, 0.1) is 5.82 Å². The van der Waals surface area contributed by atoms with Crippen molar-refractivity contribution in [3.63, 3.8) is 0 Å². The van der Waals surface area contributed by atoms with Gasteiger partial charge in [0.05, 0.1) is 30.0 Å². The molecule has 0 aliphatic carbocycles. The van der Waals surface area contributed by atoms with Gasteiger partial charge in [-0.1, -0.05) is 11.6 Å². The second-order valence-corrected chi connectivity index (χ2v) is 6.39. The molecule has 2 aromatic rings. The number of aromatic nitrogens is 2. The molecule has 0 saturated heterocycles. The van der Waals surface area contributed by atoms with Crippen LogP contribution in [0.25, 0.3) is 5.69 Å². The SMILES string of the molecule is CCOC(=O)C=C(COc1cc(-n2c(=O)cc(C(F)(F)F)[nH]c2=O)c(F)cc1Cl)OCC. The number of hydrogen-bond donors (Lipinski definition) is 1. The summed E-state index contributed by atoms with van der Waals surface area (Å²) >= 11 is 5.93. The molecule has 1 heterocycles. The van der Waals surface area contributed by atoms with E-state index in [2.05, 4.69) is 0 Å². The molecular formula is C19H17ClF4N2O6. The van der Waals surface area contributed by atoms with Gasteiger partial charge >= 0.3 is 17.8 Å². The third-order valence-electron chi connectivity index (χ3n) is 3.75. The van der Waals surface area contributed by atoms with Crippen molar-refractivity contribution in [3.8, 4) is 11.4 Å². The lowest BCUT2D eigenvalue weighted by molar-refractivity contribution is -0.141. The smallest absolute Gasteiger partial charge is 0.431 e. The maximum atomic E-state index is 14.4. The van der Waals surface area contributed by atoms with Gasteiger partial charge in [0.25, 0.3) is 5.56 Å². The monoisotopic (exact) mass is 480 g/mol. The maximum Gasteiger partial charge on any atom is 0.431 e. The predicted octanol–water partition coefficient (Wildman–Crippen LogP) is 3.20. The molecule has 0 saturated carbocycles. The molecule has 0 bridgehead atoms. The number of esters is 1. The van der Waals surface area contributed by atoms with Gasteiger partial charge in [-0.15, -0.1) is 0 Å². The molecule has 2 rings (SSSR count). The van der Waals surface area contributed by atoms with Crippen LogP contribution in [0.2, 0.25) is 5.02 Å². The molecular weight excluding hydrogens is 464 g/mol. The molecule has 0 amide bonds. The zero-order valence-electron chi connectivity index (χ0n) is 16.7. The van der Waals surface area contributed by atoms with E-state index in [1.54, 1.807) is 13.8 Å². The lowest BCUT2D eigenvalue weighted by atomic mass is 10.2. The normalized spacial score (nSPS) is 11.9. The zero-order chi connectivity index (χ0) is 24.1. The zero-order valence-corrected chi connectivity index (χ0v) is 17.5. The van der Waals surface area contributed by atoms with Gasteiger partial charge in [-0.2, -0.15) is 13.2 Å². The Labute approximate surface area is 183 Å². The fraction of sp³-hybridized carbons (Fsp3) is 0.316. The van der Waals surface area contributed by atoms with Crippen molar-refractivity contribution in [1.82, 2.24) is 9.55 Å². The Bertz CT molecular complexity index is 1110. The maximum absolute atomic E-state index is 14.4. The number of hydrogen-bond acceptors (Lipinski definition) is 6. The van der Waals surface area contributed by atoms with Gasteiger partial charge in [-0.05, 0) is 19.9 Å². The van der Waals surface area contributed by atoms with Crippen molar-refractivity contribution in [2.75, 3.05) is 19.8 Å². The van der Waals surface area contributed by atoms with Crippen molar-refractivity contribution in [1.29, 1.82) is 0 Å². The van der Waals surface area contributed by atoms with Gasteiger partial charge in [0.15, 0.2) is 0 Å². The number of aromatic amines is 1. The van der Waals surface area contributed by atoms with Gasteiger partial charge in [-0.25, -0.2) is 18.5 Å². The van der Waals surface area contributed by atoms with Crippen LogP contribution in [0.1, 0.15) is 19.5 Å². The molecule has 13 heteroatoms. The van der Waals surface area contributed by atoms with Gasteiger partial charge in [0, 0.05) is 12.1 Å². The highest BCUT2D eigenvalue weighted by molar-refractivity contribution is 6.32. The Balaban J connectivity index is 2.44. The Hall–Kier alpha value is -3.28. The summed E-state index contributed by atoms with van der Waals surface area (Å²) in [6, 6.07) is 1.69. The van der Waals surface area contributed by atoms with Crippen LogP contribution < -0.4 is 16.0 Å². The summed E-state index contributed by atoms with van der Waals surface area (Å²) in [5.74, 6) is -2.06. The van der Waals surface area contributed by atoms with Crippen LogP contribution >= 0.6 is 11.6 Å². The summed E-state index contributed by atoms with van der Waals surface area (Å²) in [4.78, 5) is 37.3. The number of ether oxygens (including phenoxy) is 3. The first-order valence-electron chi connectivity index (χ1n) is 9.03. The molecule has 0 unspecified atom stereocenters. The van der Waals surface area contributed by atoms with E-state index < -0.39 is 40.6 Å². The average Bonchev–Trinajstić information content (AvgIpc) is 2.67. The number of carbonyl (C=O) groups excluding carboxylic acids is 1. The molecule has 0 radical (unpaired) electrons. The van der Waals surface area contributed by atoms with E-state index in [0.29, 0.717) is 6.07 Å². The minimum atomic E-state index is -4.98. The lowest BCUT2D eigenvalue weighted by Gasteiger charge is -2.14. The lowest BCUT2D eigenvalue weighted by Crippen LogP contribution is -2.36. The molecule has 174 valence electrons. The molecule has 0 fully saturated rings. The first kappa shape index (κ1) is 25.0. The predicted molar refractivity (Wildman–Crippen MR) is 104 cm³/mol. The molecule has 0 atom stereocenters. The Morgan fingerprint density at radius 1 is 1.16 bits per heavy atom. The fourth-order valence-corrected chi connectivity index (χ4v) is 2.66. The molecule has 1 N–H and O–H groups in total. The molecule has 32 heavy (non-hydrogen) atoms. The number of carbonyl (C=O) groups is 1. The summed E-state index contributed by atoms with van der Waals surface area (Å²) in [5, 5.41) is -0.269. The van der Waals surface area contributed by atoms with Crippen LogP contribution in [0.3, 0.4) is 0 Å². The number of benzene rings is 1. The summed E-state index contributed by atoms with van der Waals surface area (Å²) < 4.78 is 68.3. The number of halogens is 5. The quantitative estimate of drug-likeness (QED) is 0.269. The van der Waals surface area contributed by atoms with Crippen LogP contribution in [0.15, 0.2) is 39.6 Å². The minimum Gasteiger partial charge on any atom is -0.494 e.